The van der Waals surface area contributed by atoms with Gasteiger partial charge in [0.15, 0.2) is 0 Å². The Morgan fingerprint density at radius 3 is 2.64 bits per heavy atom. The first-order chi connectivity index (χ1) is 12.2. The molecule has 0 unspecified atom stereocenters. The van der Waals surface area contributed by atoms with Gasteiger partial charge in [-0.05, 0) is 37.0 Å². The lowest BCUT2D eigenvalue weighted by atomic mass is 10.1. The topological polar surface area (TPSA) is 74.1 Å². The van der Waals surface area contributed by atoms with Gasteiger partial charge >= 0.3 is 0 Å². The summed E-state index contributed by atoms with van der Waals surface area (Å²) in [7, 11) is 0. The third-order valence-corrected chi connectivity index (χ3v) is 4.00. The van der Waals surface area contributed by atoms with Gasteiger partial charge in [0.2, 0.25) is 0 Å². The first kappa shape index (κ1) is 21.2. The molecule has 0 heterocycles. The van der Waals surface area contributed by atoms with Crippen molar-refractivity contribution in [1.29, 1.82) is 5.26 Å². The van der Waals surface area contributed by atoms with E-state index in [2.05, 4.69) is 33.5 Å². The number of halogens is 1. The van der Waals surface area contributed by atoms with Crippen LogP contribution in [0.4, 0.5) is 0 Å². The van der Waals surface area contributed by atoms with Crippen LogP contribution in [0.25, 0.3) is 0 Å². The summed E-state index contributed by atoms with van der Waals surface area (Å²) in [5.41, 5.74) is 1.28. The van der Waals surface area contributed by atoms with Gasteiger partial charge in [-0.3, -0.25) is 4.79 Å². The van der Waals surface area contributed by atoms with E-state index in [9.17, 15) is 4.79 Å². The van der Waals surface area contributed by atoms with Gasteiger partial charge in [0.1, 0.15) is 11.6 Å². The molecule has 0 aliphatic carbocycles. The predicted octanol–water partition coefficient (Wildman–Crippen LogP) is 3.31. The molecule has 0 aliphatic heterocycles. The largest absolute Gasteiger partial charge is 0.389 e. The smallest absolute Gasteiger partial charge is 0.263 e. The minimum Gasteiger partial charge on any atom is -0.389 e. The molecule has 1 amide bonds. The molecule has 0 aliphatic rings. The first-order valence-corrected chi connectivity index (χ1v) is 9.40. The Morgan fingerprint density at radius 2 is 1.96 bits per heavy atom. The molecule has 0 bridgehead atoms. The molecular weight excluding hydrogens is 382 g/mol. The van der Waals surface area contributed by atoms with E-state index in [0.29, 0.717) is 19.7 Å². The van der Waals surface area contributed by atoms with Crippen LogP contribution < -0.4 is 10.6 Å². The monoisotopic (exact) mass is 407 g/mol. The van der Waals surface area contributed by atoms with E-state index >= 15 is 0 Å². The van der Waals surface area contributed by atoms with Crippen LogP contribution in [0.5, 0.6) is 0 Å². The fourth-order valence-electron chi connectivity index (χ4n) is 2.01. The summed E-state index contributed by atoms with van der Waals surface area (Å²) in [6, 6.07) is 9.98. The second kappa shape index (κ2) is 13.5. The number of nitrogens with one attached hydrogen (secondary N) is 2. The van der Waals surface area contributed by atoms with Gasteiger partial charge in [0.05, 0.1) is 0 Å². The van der Waals surface area contributed by atoms with Gasteiger partial charge in [-0.15, -0.1) is 0 Å². The Labute approximate surface area is 158 Å². The summed E-state index contributed by atoms with van der Waals surface area (Å²) >= 11 is 3.40. The quantitative estimate of drug-likeness (QED) is 0.316. The minimum atomic E-state index is -0.354. The van der Waals surface area contributed by atoms with Crippen molar-refractivity contribution in [2.24, 2.45) is 0 Å². The number of rotatable bonds is 12. The van der Waals surface area contributed by atoms with Crippen LogP contribution in [-0.4, -0.2) is 32.2 Å². The van der Waals surface area contributed by atoms with E-state index in [0.717, 1.165) is 36.8 Å². The molecule has 5 nitrogen and oxygen atoms in total. The highest BCUT2D eigenvalue weighted by Gasteiger charge is 2.07. The Morgan fingerprint density at radius 1 is 1.24 bits per heavy atom. The molecule has 136 valence electrons. The number of benzene rings is 1. The number of unbranched alkanes of at least 4 members (excludes halogenated alkanes) is 1. The van der Waals surface area contributed by atoms with Crippen molar-refractivity contribution >= 4 is 21.8 Å². The highest BCUT2D eigenvalue weighted by molar-refractivity contribution is 9.10. The van der Waals surface area contributed by atoms with Crippen LogP contribution in [0.3, 0.4) is 0 Å². The molecule has 2 N–H and O–H groups in total. The van der Waals surface area contributed by atoms with Crippen LogP contribution in [0, 0.1) is 11.3 Å². The number of nitriles is 1. The summed E-state index contributed by atoms with van der Waals surface area (Å²) < 4.78 is 6.47. The van der Waals surface area contributed by atoms with E-state index in [-0.39, 0.29) is 11.5 Å². The predicted molar refractivity (Wildman–Crippen MR) is 103 cm³/mol. The zero-order chi connectivity index (χ0) is 18.3. The van der Waals surface area contributed by atoms with Crippen molar-refractivity contribution < 1.29 is 9.53 Å². The maximum absolute atomic E-state index is 11.9. The molecule has 25 heavy (non-hydrogen) atoms. The highest BCUT2D eigenvalue weighted by atomic mass is 79.9. The minimum absolute atomic E-state index is 0.0858. The van der Waals surface area contributed by atoms with Crippen LogP contribution in [0.15, 0.2) is 40.5 Å². The van der Waals surface area contributed by atoms with Crippen LogP contribution >= 0.6 is 15.9 Å². The number of nitrogens with zero attached hydrogens (tertiary/aromatic N) is 1. The van der Waals surface area contributed by atoms with Crippen LogP contribution in [-0.2, 0) is 16.0 Å². The Hall–Kier alpha value is -1.84. The summed E-state index contributed by atoms with van der Waals surface area (Å²) in [4.78, 5) is 11.9. The third-order valence-electron chi connectivity index (χ3n) is 3.48. The fraction of sp³-hybridized carbons (Fsp3) is 0.474. The van der Waals surface area contributed by atoms with Crippen molar-refractivity contribution in [3.8, 4) is 6.07 Å². The zero-order valence-electron chi connectivity index (χ0n) is 14.7. The second-order valence-electron chi connectivity index (χ2n) is 5.58. The number of hydrogen-bond acceptors (Lipinski definition) is 4. The number of carbonyl (C=O) groups is 1. The van der Waals surface area contributed by atoms with Crippen molar-refractivity contribution in [3.05, 3.63) is 46.1 Å². The maximum Gasteiger partial charge on any atom is 0.263 e. The number of ether oxygens (including phenoxy) is 1. The molecule has 0 saturated heterocycles. The average molecular weight is 408 g/mol. The van der Waals surface area contributed by atoms with Crippen molar-refractivity contribution in [2.75, 3.05) is 26.3 Å². The number of amides is 1. The van der Waals surface area contributed by atoms with Gasteiger partial charge < -0.3 is 15.4 Å². The van der Waals surface area contributed by atoms with Gasteiger partial charge in [-0.25, -0.2) is 0 Å². The summed E-state index contributed by atoms with van der Waals surface area (Å²) in [6.45, 7) is 4.66. The van der Waals surface area contributed by atoms with Crippen molar-refractivity contribution in [3.63, 3.8) is 0 Å². The van der Waals surface area contributed by atoms with Crippen LogP contribution in [0.2, 0.25) is 0 Å². The highest BCUT2D eigenvalue weighted by Crippen LogP contribution is 2.10. The number of hydrogen-bond donors (Lipinski definition) is 2. The molecule has 1 aromatic carbocycles. The molecule has 1 aromatic rings. The molecular formula is C19H26BrN3O2. The van der Waals surface area contributed by atoms with Crippen molar-refractivity contribution in [2.45, 2.75) is 32.6 Å². The van der Waals surface area contributed by atoms with Crippen molar-refractivity contribution in [1.82, 2.24) is 10.6 Å². The molecule has 0 aromatic heterocycles. The first-order valence-electron chi connectivity index (χ1n) is 8.61. The number of carbonyl (C=O) groups excluding carboxylic acids is 1. The lowest BCUT2D eigenvalue weighted by Crippen LogP contribution is -2.27. The summed E-state index contributed by atoms with van der Waals surface area (Å²) in [5.74, 6) is -0.354. The standard InChI is InChI=1S/C19H26BrN3O2/c1-2-3-12-25-13-4-10-23-19(24)17(14-21)15-22-11-9-16-5-7-18(20)8-6-16/h5-8,15,22H,2-4,9-13H2,1H3,(H,23,24)/b17-15-. The van der Waals surface area contributed by atoms with E-state index in [4.69, 9.17) is 10.00 Å². The normalized spacial score (nSPS) is 11.0. The zero-order valence-corrected chi connectivity index (χ0v) is 16.3. The fourth-order valence-corrected chi connectivity index (χ4v) is 2.27. The lowest BCUT2D eigenvalue weighted by Gasteiger charge is -2.06. The van der Waals surface area contributed by atoms with Gasteiger partial charge in [-0.2, -0.15) is 5.26 Å². The summed E-state index contributed by atoms with van der Waals surface area (Å²) in [5, 5.41) is 14.9. The Bertz CT molecular complexity index is 579. The maximum atomic E-state index is 11.9. The van der Waals surface area contributed by atoms with E-state index in [1.807, 2.05) is 30.3 Å². The van der Waals surface area contributed by atoms with Gasteiger partial charge in [-0.1, -0.05) is 41.4 Å². The van der Waals surface area contributed by atoms with E-state index in [1.165, 1.54) is 11.8 Å². The SMILES string of the molecule is CCCCOCCCNC(=O)/C(C#N)=C\NCCc1ccc(Br)cc1. The molecule has 0 atom stereocenters. The lowest BCUT2D eigenvalue weighted by molar-refractivity contribution is -0.117. The Kier molecular flexibility index (Phi) is 11.4. The molecule has 0 fully saturated rings. The van der Waals surface area contributed by atoms with E-state index in [1.54, 1.807) is 0 Å². The Balaban J connectivity index is 2.22. The molecule has 0 spiro atoms. The average Bonchev–Trinajstić information content (AvgIpc) is 2.62. The summed E-state index contributed by atoms with van der Waals surface area (Å²) in [6.07, 6.45) is 5.21. The molecule has 6 heteroatoms. The van der Waals surface area contributed by atoms with Gasteiger partial charge in [0.25, 0.3) is 5.91 Å². The van der Waals surface area contributed by atoms with Gasteiger partial charge in [0, 0.05) is 37.0 Å². The van der Waals surface area contributed by atoms with E-state index < -0.39 is 0 Å². The molecule has 0 radical (unpaired) electrons. The van der Waals surface area contributed by atoms with Crippen LogP contribution in [0.1, 0.15) is 31.7 Å². The molecule has 1 rings (SSSR count). The second-order valence-corrected chi connectivity index (χ2v) is 6.49. The third kappa shape index (κ3) is 9.90. The molecule has 0 saturated carbocycles.